The quantitative estimate of drug-likeness (QED) is 0.734. The van der Waals surface area contributed by atoms with E-state index in [1.165, 1.54) is 4.90 Å². The molecule has 0 spiro atoms. The van der Waals surface area contributed by atoms with Crippen molar-refractivity contribution < 1.29 is 19.4 Å². The Morgan fingerprint density at radius 2 is 2.00 bits per heavy atom. The van der Waals surface area contributed by atoms with Crippen LogP contribution in [0.5, 0.6) is 0 Å². The molecule has 0 heterocycles. The van der Waals surface area contributed by atoms with Crippen molar-refractivity contribution in [2.24, 2.45) is 17.1 Å². The van der Waals surface area contributed by atoms with Crippen LogP contribution in [-0.2, 0) is 14.3 Å². The summed E-state index contributed by atoms with van der Waals surface area (Å²) in [4.78, 5) is 25.1. The summed E-state index contributed by atoms with van der Waals surface area (Å²) in [5, 5.41) is 9.01. The van der Waals surface area contributed by atoms with E-state index in [0.29, 0.717) is 19.6 Å². The number of carboxylic acid groups (broad SMARTS) is 1. The fraction of sp³-hybridized carbons (Fsp3) is 0.867. The second-order valence-corrected chi connectivity index (χ2v) is 6.81. The van der Waals surface area contributed by atoms with Gasteiger partial charge in [0.2, 0.25) is 5.91 Å². The van der Waals surface area contributed by atoms with Gasteiger partial charge in [-0.1, -0.05) is 27.7 Å². The summed E-state index contributed by atoms with van der Waals surface area (Å²) in [5.74, 6) is -1.13. The highest BCUT2D eigenvalue weighted by atomic mass is 16.5. The van der Waals surface area contributed by atoms with Gasteiger partial charge < -0.3 is 20.5 Å². The molecule has 21 heavy (non-hydrogen) atoms. The van der Waals surface area contributed by atoms with Crippen LogP contribution in [0.4, 0.5) is 0 Å². The molecule has 0 aromatic rings. The van der Waals surface area contributed by atoms with E-state index >= 15 is 0 Å². The Hall–Kier alpha value is -1.14. The number of amides is 1. The van der Waals surface area contributed by atoms with Gasteiger partial charge in [0.1, 0.15) is 12.1 Å². The van der Waals surface area contributed by atoms with E-state index in [2.05, 4.69) is 0 Å². The van der Waals surface area contributed by atoms with E-state index in [1.54, 1.807) is 0 Å². The van der Waals surface area contributed by atoms with Crippen LogP contribution in [0.15, 0.2) is 0 Å². The smallest absolute Gasteiger partial charge is 0.323 e. The molecule has 0 bridgehead atoms. The van der Waals surface area contributed by atoms with Crippen molar-refractivity contribution in [1.82, 2.24) is 4.90 Å². The molecule has 0 aromatic heterocycles. The van der Waals surface area contributed by atoms with E-state index < -0.39 is 16.9 Å². The summed E-state index contributed by atoms with van der Waals surface area (Å²) in [6, 6.07) is 0. The molecule has 3 N–H and O–H groups in total. The molecule has 1 saturated carbocycles. The van der Waals surface area contributed by atoms with Crippen LogP contribution in [0.2, 0.25) is 0 Å². The second kappa shape index (κ2) is 6.32. The first kappa shape index (κ1) is 17.9. The molecule has 0 saturated heterocycles. The number of nitrogens with two attached hydrogens (primary N) is 1. The highest BCUT2D eigenvalue weighted by molar-refractivity contribution is 5.91. The van der Waals surface area contributed by atoms with Crippen molar-refractivity contribution in [2.45, 2.75) is 52.7 Å². The Balaban J connectivity index is 2.90. The molecule has 0 aliphatic heterocycles. The number of aliphatic carboxylic acids is 1. The Labute approximate surface area is 126 Å². The first-order chi connectivity index (χ1) is 9.56. The zero-order valence-corrected chi connectivity index (χ0v) is 13.7. The fourth-order valence-electron chi connectivity index (χ4n) is 2.90. The highest BCUT2D eigenvalue weighted by Crippen LogP contribution is 2.50. The van der Waals surface area contributed by atoms with Crippen LogP contribution in [0.3, 0.4) is 0 Å². The third-order valence-electron chi connectivity index (χ3n) is 4.41. The zero-order valence-electron chi connectivity index (χ0n) is 13.7. The molecular weight excluding hydrogens is 272 g/mol. The van der Waals surface area contributed by atoms with Gasteiger partial charge in [-0.3, -0.25) is 9.59 Å². The Morgan fingerprint density at radius 3 is 2.38 bits per heavy atom. The Morgan fingerprint density at radius 1 is 1.43 bits per heavy atom. The van der Waals surface area contributed by atoms with Gasteiger partial charge in [-0.05, 0) is 12.8 Å². The number of rotatable bonds is 7. The fourth-order valence-corrected chi connectivity index (χ4v) is 2.90. The van der Waals surface area contributed by atoms with Gasteiger partial charge in [-0.2, -0.15) is 0 Å². The number of ether oxygens (including phenoxy) is 1. The molecule has 2 atom stereocenters. The van der Waals surface area contributed by atoms with Crippen molar-refractivity contribution in [1.29, 1.82) is 0 Å². The number of carboxylic acids is 1. The van der Waals surface area contributed by atoms with Crippen LogP contribution in [0, 0.1) is 11.3 Å². The summed E-state index contributed by atoms with van der Waals surface area (Å²) in [6.07, 6.45) is 0.364. The lowest BCUT2D eigenvalue weighted by molar-refractivity contribution is -0.181. The lowest BCUT2D eigenvalue weighted by atomic mass is 9.54. The normalized spacial score (nSPS) is 27.3. The van der Waals surface area contributed by atoms with Gasteiger partial charge in [0.25, 0.3) is 0 Å². The van der Waals surface area contributed by atoms with Crippen LogP contribution in [0.1, 0.15) is 41.0 Å². The highest BCUT2D eigenvalue weighted by Gasteiger charge is 2.63. The summed E-state index contributed by atoms with van der Waals surface area (Å²) in [5.41, 5.74) is 4.77. The third-order valence-corrected chi connectivity index (χ3v) is 4.41. The van der Waals surface area contributed by atoms with E-state index in [1.807, 2.05) is 34.6 Å². The average Bonchev–Trinajstić information content (AvgIpc) is 2.35. The molecule has 122 valence electrons. The minimum atomic E-state index is -1.06. The van der Waals surface area contributed by atoms with Gasteiger partial charge in [0.15, 0.2) is 0 Å². The standard InChI is InChI=1S/C15H28N2O4/c1-6-21-11-7-15(16,14(11,4)5)13(20)17(8-10(2)3)9-12(18)19/h10-11H,6-9,16H2,1-5H3,(H,18,19). The average molecular weight is 300 g/mol. The number of carbonyl (C=O) groups is 2. The Kier molecular flexibility index (Phi) is 5.39. The van der Waals surface area contributed by atoms with Gasteiger partial charge in [0.05, 0.1) is 6.10 Å². The van der Waals surface area contributed by atoms with E-state index in [0.717, 1.165) is 0 Å². The van der Waals surface area contributed by atoms with Crippen molar-refractivity contribution >= 4 is 11.9 Å². The number of carbonyl (C=O) groups excluding carboxylic acids is 1. The molecule has 1 aliphatic rings. The van der Waals surface area contributed by atoms with Crippen molar-refractivity contribution in [2.75, 3.05) is 19.7 Å². The zero-order chi connectivity index (χ0) is 16.4. The first-order valence-corrected chi connectivity index (χ1v) is 7.48. The minimum absolute atomic E-state index is 0.0674. The predicted molar refractivity (Wildman–Crippen MR) is 79.8 cm³/mol. The molecule has 1 fully saturated rings. The summed E-state index contributed by atoms with van der Waals surface area (Å²) < 4.78 is 5.61. The third kappa shape index (κ3) is 3.37. The Bertz CT molecular complexity index is 408. The second-order valence-electron chi connectivity index (χ2n) is 6.81. The largest absolute Gasteiger partial charge is 0.480 e. The van der Waals surface area contributed by atoms with Gasteiger partial charge in [-0.25, -0.2) is 0 Å². The molecule has 1 amide bonds. The molecule has 1 rings (SSSR count). The SMILES string of the molecule is CCOC1CC(N)(C(=O)N(CC(=O)O)CC(C)C)C1(C)C. The van der Waals surface area contributed by atoms with Crippen LogP contribution >= 0.6 is 0 Å². The molecular formula is C15H28N2O4. The van der Waals surface area contributed by atoms with E-state index in [9.17, 15) is 9.59 Å². The maximum atomic E-state index is 12.8. The van der Waals surface area contributed by atoms with Crippen LogP contribution in [0.25, 0.3) is 0 Å². The molecule has 0 radical (unpaired) electrons. The van der Waals surface area contributed by atoms with Gasteiger partial charge in [0, 0.05) is 25.0 Å². The molecule has 0 aromatic carbocycles. The summed E-state index contributed by atoms with van der Waals surface area (Å²) in [7, 11) is 0. The van der Waals surface area contributed by atoms with Crippen molar-refractivity contribution in [3.63, 3.8) is 0 Å². The van der Waals surface area contributed by atoms with E-state index in [4.69, 9.17) is 15.6 Å². The number of nitrogens with zero attached hydrogens (tertiary/aromatic N) is 1. The van der Waals surface area contributed by atoms with Crippen LogP contribution < -0.4 is 5.73 Å². The van der Waals surface area contributed by atoms with Gasteiger partial charge >= 0.3 is 5.97 Å². The molecule has 1 aliphatic carbocycles. The maximum absolute atomic E-state index is 12.8. The summed E-state index contributed by atoms with van der Waals surface area (Å²) >= 11 is 0. The predicted octanol–water partition coefficient (Wildman–Crippen LogP) is 1.09. The van der Waals surface area contributed by atoms with Crippen LogP contribution in [-0.4, -0.2) is 53.2 Å². The maximum Gasteiger partial charge on any atom is 0.323 e. The van der Waals surface area contributed by atoms with Crippen molar-refractivity contribution in [3.8, 4) is 0 Å². The van der Waals surface area contributed by atoms with Crippen molar-refractivity contribution in [3.05, 3.63) is 0 Å². The molecule has 6 heteroatoms. The minimum Gasteiger partial charge on any atom is -0.480 e. The topological polar surface area (TPSA) is 92.9 Å². The summed E-state index contributed by atoms with van der Waals surface area (Å²) in [6.45, 7) is 10.3. The van der Waals surface area contributed by atoms with E-state index in [-0.39, 0.29) is 24.5 Å². The monoisotopic (exact) mass is 300 g/mol. The number of hydrogen-bond acceptors (Lipinski definition) is 4. The number of hydrogen-bond donors (Lipinski definition) is 2. The lowest BCUT2D eigenvalue weighted by Crippen LogP contribution is -2.76. The van der Waals surface area contributed by atoms with Gasteiger partial charge in [-0.15, -0.1) is 0 Å². The molecule has 6 nitrogen and oxygen atoms in total. The lowest BCUT2D eigenvalue weighted by Gasteiger charge is -2.58. The molecule has 2 unspecified atom stereocenters. The first-order valence-electron chi connectivity index (χ1n) is 7.48.